The molecule has 0 bridgehead atoms. The molecule has 42 heavy (non-hydrogen) atoms. The van der Waals surface area contributed by atoms with Gasteiger partial charge in [0.25, 0.3) is 11.8 Å². The molecule has 15 heteroatoms. The second-order valence-electron chi connectivity index (χ2n) is 11.0. The van der Waals surface area contributed by atoms with Crippen LogP contribution in [0.1, 0.15) is 93.9 Å². The minimum Gasteiger partial charge on any atom is -0.465 e. The highest BCUT2D eigenvalue weighted by Gasteiger charge is 2.40. The lowest BCUT2D eigenvalue weighted by Crippen LogP contribution is -2.31. The Labute approximate surface area is 241 Å². The van der Waals surface area contributed by atoms with Gasteiger partial charge in [-0.15, -0.1) is 0 Å². The molecule has 0 aromatic rings. The molecule has 1 unspecified atom stereocenters. The molecule has 0 aliphatic heterocycles. The summed E-state index contributed by atoms with van der Waals surface area (Å²) < 4.78 is 106. The number of halogens is 7. The number of alkyl halides is 7. The van der Waals surface area contributed by atoms with Crippen molar-refractivity contribution in [2.24, 2.45) is 10.8 Å². The van der Waals surface area contributed by atoms with Gasteiger partial charge in [-0.3, -0.25) is 19.2 Å². The zero-order chi connectivity index (χ0) is 33.6. The van der Waals surface area contributed by atoms with Crippen molar-refractivity contribution >= 4 is 23.9 Å². The van der Waals surface area contributed by atoms with E-state index in [9.17, 15) is 49.9 Å². The molecule has 0 radical (unpaired) electrons. The van der Waals surface area contributed by atoms with E-state index in [4.69, 9.17) is 9.47 Å². The molecule has 0 saturated heterocycles. The van der Waals surface area contributed by atoms with E-state index >= 15 is 0 Å². The van der Waals surface area contributed by atoms with Crippen molar-refractivity contribution in [3.63, 3.8) is 0 Å². The van der Waals surface area contributed by atoms with Crippen molar-refractivity contribution < 1.29 is 68.9 Å². The largest absolute Gasteiger partial charge is 0.465 e. The van der Waals surface area contributed by atoms with Crippen LogP contribution in [-0.2, 0) is 38.1 Å². The fourth-order valence-corrected chi connectivity index (χ4v) is 2.39. The van der Waals surface area contributed by atoms with Gasteiger partial charge in [0.1, 0.15) is 13.2 Å². The Balaban J connectivity index is 0. The minimum atomic E-state index is -4.59. The second kappa shape index (κ2) is 17.5. The lowest BCUT2D eigenvalue weighted by atomic mass is 9.91. The van der Waals surface area contributed by atoms with Gasteiger partial charge in [-0.2, -0.15) is 13.2 Å². The topological polar surface area (TPSA) is 105 Å². The van der Waals surface area contributed by atoms with Gasteiger partial charge in [0.2, 0.25) is 0 Å². The first-order valence-electron chi connectivity index (χ1n) is 13.3. The fourth-order valence-electron chi connectivity index (χ4n) is 2.39. The van der Waals surface area contributed by atoms with E-state index in [0.717, 1.165) is 6.92 Å². The minimum absolute atomic E-state index is 0.218. The standard InChI is InChI=1S/C15H24F4O4.C12H19F3O4/c1-5-13(2,3)12(21)23-8-6-11(20)22-9-7-15(18,19)10-14(4,16)17;1-5-11(3,4)10(17)18-7-6-9(16)19-8(2)12(13,14)15/h5-10H2,1-4H3;8H,5-7H2,1-4H3. The highest BCUT2D eigenvalue weighted by Crippen LogP contribution is 2.32. The predicted octanol–water partition coefficient (Wildman–Crippen LogP) is 6.82. The number of carbonyl (C=O) groups is 4. The third-order valence-electron chi connectivity index (χ3n) is 6.02. The molecule has 8 nitrogen and oxygen atoms in total. The van der Waals surface area contributed by atoms with Gasteiger partial charge in [0, 0.05) is 6.42 Å². The van der Waals surface area contributed by atoms with E-state index in [-0.39, 0.29) is 19.6 Å². The van der Waals surface area contributed by atoms with E-state index in [1.54, 1.807) is 34.6 Å². The van der Waals surface area contributed by atoms with Gasteiger partial charge in [-0.05, 0) is 54.4 Å². The van der Waals surface area contributed by atoms with Crippen LogP contribution in [0.5, 0.6) is 0 Å². The van der Waals surface area contributed by atoms with Gasteiger partial charge in [-0.1, -0.05) is 13.8 Å². The molecule has 0 aromatic heterocycles. The molecule has 0 saturated carbocycles. The number of carbonyl (C=O) groups excluding carboxylic acids is 4. The average Bonchev–Trinajstić information content (AvgIpc) is 2.81. The van der Waals surface area contributed by atoms with Gasteiger partial charge in [0.15, 0.2) is 6.10 Å². The summed E-state index contributed by atoms with van der Waals surface area (Å²) in [7, 11) is 0. The first-order chi connectivity index (χ1) is 18.8. The van der Waals surface area contributed by atoms with Crippen molar-refractivity contribution in [1.29, 1.82) is 0 Å². The van der Waals surface area contributed by atoms with Gasteiger partial charge in [0.05, 0.1) is 36.7 Å². The fraction of sp³-hybridized carbons (Fsp3) is 0.852. The molecule has 0 heterocycles. The van der Waals surface area contributed by atoms with Crippen LogP contribution >= 0.6 is 0 Å². The first kappa shape index (κ1) is 41.5. The third kappa shape index (κ3) is 19.5. The normalized spacial score (nSPS) is 13.3. The molecule has 0 aromatic carbocycles. The van der Waals surface area contributed by atoms with Crippen molar-refractivity contribution in [3.05, 3.63) is 0 Å². The zero-order valence-corrected chi connectivity index (χ0v) is 25.4. The van der Waals surface area contributed by atoms with Crippen LogP contribution in [0, 0.1) is 10.8 Å². The third-order valence-corrected chi connectivity index (χ3v) is 6.02. The summed E-state index contributed by atoms with van der Waals surface area (Å²) in [6.45, 7) is 10.3. The maximum Gasteiger partial charge on any atom is 0.425 e. The molecule has 0 rings (SSSR count). The van der Waals surface area contributed by atoms with Gasteiger partial charge >= 0.3 is 30.1 Å². The van der Waals surface area contributed by atoms with Crippen LogP contribution in [0.4, 0.5) is 30.7 Å². The maximum atomic E-state index is 13.2. The van der Waals surface area contributed by atoms with E-state index in [1.807, 2.05) is 6.92 Å². The van der Waals surface area contributed by atoms with Gasteiger partial charge < -0.3 is 18.9 Å². The summed E-state index contributed by atoms with van der Waals surface area (Å²) in [5.74, 6) is -9.95. The van der Waals surface area contributed by atoms with Crippen LogP contribution in [-0.4, -0.2) is 67.8 Å². The summed E-state index contributed by atoms with van der Waals surface area (Å²) in [6, 6.07) is 0. The molecular formula is C27H43F7O8. The van der Waals surface area contributed by atoms with Crippen LogP contribution in [0.2, 0.25) is 0 Å². The molecule has 0 spiro atoms. The predicted molar refractivity (Wildman–Crippen MR) is 137 cm³/mol. The Kier molecular flexibility index (Phi) is 17.3. The Morgan fingerprint density at radius 2 is 1.05 bits per heavy atom. The highest BCUT2D eigenvalue weighted by molar-refractivity contribution is 5.77. The van der Waals surface area contributed by atoms with Crippen LogP contribution in [0.25, 0.3) is 0 Å². The number of rotatable bonds is 16. The van der Waals surface area contributed by atoms with E-state index in [1.165, 1.54) is 0 Å². The smallest absolute Gasteiger partial charge is 0.425 e. The van der Waals surface area contributed by atoms with Gasteiger partial charge in [-0.25, -0.2) is 17.6 Å². The van der Waals surface area contributed by atoms with Crippen molar-refractivity contribution in [1.82, 2.24) is 0 Å². The molecule has 0 fully saturated rings. The zero-order valence-electron chi connectivity index (χ0n) is 25.4. The highest BCUT2D eigenvalue weighted by atomic mass is 19.4. The number of hydrogen-bond acceptors (Lipinski definition) is 8. The van der Waals surface area contributed by atoms with E-state index < -0.39 is 84.7 Å². The molecule has 0 N–H and O–H groups in total. The van der Waals surface area contributed by atoms with E-state index in [2.05, 4.69) is 9.47 Å². The molecule has 248 valence electrons. The van der Waals surface area contributed by atoms with Crippen LogP contribution in [0.15, 0.2) is 0 Å². The lowest BCUT2D eigenvalue weighted by Gasteiger charge is -2.20. The number of hydrogen-bond donors (Lipinski definition) is 0. The van der Waals surface area contributed by atoms with Crippen LogP contribution < -0.4 is 0 Å². The maximum absolute atomic E-state index is 13.2. The van der Waals surface area contributed by atoms with Crippen LogP contribution in [0.3, 0.4) is 0 Å². The van der Waals surface area contributed by atoms with Crippen molar-refractivity contribution in [2.45, 2.75) is 118 Å². The molecule has 1 atom stereocenters. The number of esters is 4. The Hall–Kier alpha value is -2.61. The summed E-state index contributed by atoms with van der Waals surface area (Å²) in [5.41, 5.74) is -1.35. The van der Waals surface area contributed by atoms with Crippen molar-refractivity contribution in [3.8, 4) is 0 Å². The molecule has 0 aliphatic rings. The Morgan fingerprint density at radius 3 is 1.40 bits per heavy atom. The summed E-state index contributed by atoms with van der Waals surface area (Å²) >= 11 is 0. The average molecular weight is 629 g/mol. The SMILES string of the molecule is CCC(C)(C)C(=O)OCCC(=O)OC(C)C(F)(F)F.CCC(C)(C)C(=O)OCCC(=O)OCCC(F)(F)CC(C)(F)F. The van der Waals surface area contributed by atoms with Crippen molar-refractivity contribution in [2.75, 3.05) is 19.8 Å². The van der Waals surface area contributed by atoms with E-state index in [0.29, 0.717) is 19.8 Å². The Bertz CT molecular complexity index is 866. The summed E-state index contributed by atoms with van der Waals surface area (Å²) in [6.07, 6.45) is -8.88. The summed E-state index contributed by atoms with van der Waals surface area (Å²) in [5, 5.41) is 0. The quantitative estimate of drug-likeness (QED) is 0.104. The number of ether oxygens (including phenoxy) is 4. The Morgan fingerprint density at radius 1 is 0.643 bits per heavy atom. The molecular weight excluding hydrogens is 585 g/mol. The molecule has 0 amide bonds. The monoisotopic (exact) mass is 628 g/mol. The molecule has 0 aliphatic carbocycles. The second-order valence-corrected chi connectivity index (χ2v) is 11.0. The first-order valence-corrected chi connectivity index (χ1v) is 13.3. The summed E-state index contributed by atoms with van der Waals surface area (Å²) in [4.78, 5) is 45.5. The lowest BCUT2D eigenvalue weighted by molar-refractivity contribution is -0.216.